The molecule has 208 valence electrons. The van der Waals surface area contributed by atoms with Gasteiger partial charge in [-0.3, -0.25) is 9.48 Å². The summed E-state index contributed by atoms with van der Waals surface area (Å²) in [5.41, 5.74) is -3.19. The van der Waals surface area contributed by atoms with E-state index in [1.54, 1.807) is 19.3 Å². The van der Waals surface area contributed by atoms with Crippen LogP contribution in [-0.4, -0.2) is 44.1 Å². The molecule has 0 saturated heterocycles. The van der Waals surface area contributed by atoms with Gasteiger partial charge >= 0.3 is 12.8 Å². The van der Waals surface area contributed by atoms with Crippen LogP contribution < -0.4 is 15.6 Å². The summed E-state index contributed by atoms with van der Waals surface area (Å²) in [6.07, 6.45) is -6.28. The van der Waals surface area contributed by atoms with Crippen molar-refractivity contribution in [2.45, 2.75) is 19.2 Å². The van der Waals surface area contributed by atoms with Crippen LogP contribution in [0.5, 0.6) is 5.75 Å². The number of ether oxygens (including phenoxy) is 1. The quantitative estimate of drug-likeness (QED) is 0.257. The fourth-order valence-corrected chi connectivity index (χ4v) is 4.16. The Labute approximate surface area is 219 Å². The first-order valence-electron chi connectivity index (χ1n) is 11.5. The molecule has 0 atom stereocenters. The number of benzene rings is 2. The fourth-order valence-electron chi connectivity index (χ4n) is 4.16. The number of anilines is 1. The molecule has 3 heterocycles. The average Bonchev–Trinajstić information content (AvgIpc) is 3.25. The third-order valence-corrected chi connectivity index (χ3v) is 5.79. The van der Waals surface area contributed by atoms with Crippen LogP contribution in [0.15, 0.2) is 59.5 Å². The predicted molar refractivity (Wildman–Crippen MR) is 131 cm³/mol. The van der Waals surface area contributed by atoms with Crippen LogP contribution in [0.1, 0.15) is 5.56 Å². The molecule has 0 aliphatic heterocycles. The monoisotopic (exact) mass is 566 g/mol. The van der Waals surface area contributed by atoms with E-state index in [-0.39, 0.29) is 22.6 Å². The molecule has 0 fully saturated rings. The highest BCUT2D eigenvalue weighted by Crippen LogP contribution is 2.37. The predicted octanol–water partition coefficient (Wildman–Crippen LogP) is 5.63. The van der Waals surface area contributed by atoms with Gasteiger partial charge in [0.25, 0.3) is 12.0 Å². The summed E-state index contributed by atoms with van der Waals surface area (Å²) < 4.78 is 100. The molecule has 0 radical (unpaired) electrons. The van der Waals surface area contributed by atoms with Gasteiger partial charge in [0.15, 0.2) is 0 Å². The van der Waals surface area contributed by atoms with Gasteiger partial charge in [0, 0.05) is 18.6 Å². The van der Waals surface area contributed by atoms with Crippen LogP contribution in [0.3, 0.4) is 0 Å². The number of fused-ring (bicyclic) bond motifs is 2. The maximum absolute atomic E-state index is 14.2. The van der Waals surface area contributed by atoms with Gasteiger partial charge in [0.05, 0.1) is 28.9 Å². The van der Waals surface area contributed by atoms with E-state index in [9.17, 15) is 35.5 Å². The minimum Gasteiger partial charge on any atom is -0.435 e. The minimum absolute atomic E-state index is 0.00172. The van der Waals surface area contributed by atoms with E-state index in [2.05, 4.69) is 25.2 Å². The third kappa shape index (κ3) is 5.26. The molecular weight excluding hydrogens is 549 g/mol. The van der Waals surface area contributed by atoms with E-state index >= 15 is 0 Å². The Morgan fingerprint density at radius 3 is 2.35 bits per heavy atom. The first-order chi connectivity index (χ1) is 18.9. The summed E-state index contributed by atoms with van der Waals surface area (Å²) >= 11 is 0. The van der Waals surface area contributed by atoms with E-state index in [4.69, 9.17) is 0 Å². The Morgan fingerprint density at radius 1 is 0.975 bits per heavy atom. The van der Waals surface area contributed by atoms with Gasteiger partial charge in [0.1, 0.15) is 22.6 Å². The molecule has 15 heteroatoms. The summed E-state index contributed by atoms with van der Waals surface area (Å²) in [7, 11) is 1.67. The second kappa shape index (κ2) is 10.1. The lowest BCUT2D eigenvalue weighted by Gasteiger charge is -2.17. The van der Waals surface area contributed by atoms with Crippen molar-refractivity contribution in [3.8, 4) is 22.6 Å². The first-order valence-corrected chi connectivity index (χ1v) is 11.5. The highest BCUT2D eigenvalue weighted by molar-refractivity contribution is 5.94. The van der Waals surface area contributed by atoms with Crippen LogP contribution >= 0.6 is 0 Å². The zero-order valence-corrected chi connectivity index (χ0v) is 20.3. The average molecular weight is 566 g/mol. The van der Waals surface area contributed by atoms with Crippen molar-refractivity contribution >= 4 is 27.8 Å². The van der Waals surface area contributed by atoms with Crippen molar-refractivity contribution in [2.75, 3.05) is 11.9 Å². The highest BCUT2D eigenvalue weighted by atomic mass is 19.4. The van der Waals surface area contributed by atoms with Gasteiger partial charge in [-0.25, -0.2) is 13.8 Å². The van der Waals surface area contributed by atoms with Crippen molar-refractivity contribution in [2.24, 2.45) is 7.05 Å². The molecular formula is C25H17F7N6O2. The number of pyridine rings is 1. The Hall–Kier alpha value is -4.69. The van der Waals surface area contributed by atoms with Crippen molar-refractivity contribution < 1.29 is 35.5 Å². The number of aromatic nitrogens is 5. The van der Waals surface area contributed by atoms with Crippen molar-refractivity contribution in [3.05, 3.63) is 70.6 Å². The molecule has 2 aromatic carbocycles. The fraction of sp³-hybridized carbons (Fsp3) is 0.200. The maximum Gasteiger partial charge on any atom is 0.418 e. The molecule has 0 amide bonds. The zero-order chi connectivity index (χ0) is 28.8. The maximum atomic E-state index is 14.2. The van der Waals surface area contributed by atoms with Gasteiger partial charge in [-0.1, -0.05) is 12.1 Å². The smallest absolute Gasteiger partial charge is 0.418 e. The molecule has 1 N–H and O–H groups in total. The summed E-state index contributed by atoms with van der Waals surface area (Å²) in [6.45, 7) is -4.13. The van der Waals surface area contributed by atoms with Crippen molar-refractivity contribution in [1.82, 2.24) is 24.5 Å². The number of hydrogen-bond donors (Lipinski definition) is 1. The lowest BCUT2D eigenvalue weighted by molar-refractivity contribution is -0.136. The Morgan fingerprint density at radius 2 is 1.70 bits per heavy atom. The van der Waals surface area contributed by atoms with E-state index in [0.717, 1.165) is 16.8 Å². The molecule has 3 aromatic heterocycles. The molecule has 8 nitrogen and oxygen atoms in total. The van der Waals surface area contributed by atoms with Crippen LogP contribution in [0, 0.1) is 0 Å². The Balaban J connectivity index is 1.82. The standard InChI is InChI=1S/C25H17F7N6O2/c1-37-11-13-8-14(4-7-17(13)35-37)38-23(39)20(12-2-5-15(6-3-12)40-24(28)29)22-21(36-38)16(25(30,31)32)9-19(34-22)33-10-18(26)27/h2-9,11,18,24H,10H2,1H3,(H,33,34). The first kappa shape index (κ1) is 26.9. The largest absolute Gasteiger partial charge is 0.435 e. The van der Waals surface area contributed by atoms with Gasteiger partial charge in [-0.05, 0) is 42.0 Å². The van der Waals surface area contributed by atoms with Gasteiger partial charge < -0.3 is 10.1 Å². The summed E-state index contributed by atoms with van der Waals surface area (Å²) in [5, 5.41) is 10.9. The highest BCUT2D eigenvalue weighted by Gasteiger charge is 2.36. The molecule has 0 saturated carbocycles. The molecule has 5 aromatic rings. The lowest BCUT2D eigenvalue weighted by Crippen LogP contribution is -2.25. The number of hydrogen-bond acceptors (Lipinski definition) is 6. The molecule has 0 spiro atoms. The van der Waals surface area contributed by atoms with E-state index < -0.39 is 53.7 Å². The van der Waals surface area contributed by atoms with E-state index in [1.165, 1.54) is 28.9 Å². The Kier molecular flexibility index (Phi) is 6.81. The third-order valence-electron chi connectivity index (χ3n) is 5.79. The van der Waals surface area contributed by atoms with Crippen LogP contribution in [0.25, 0.3) is 38.8 Å². The Bertz CT molecular complexity index is 1760. The van der Waals surface area contributed by atoms with Crippen LogP contribution in [0.2, 0.25) is 0 Å². The number of rotatable bonds is 7. The summed E-state index contributed by atoms with van der Waals surface area (Å²) in [5.74, 6) is -0.822. The summed E-state index contributed by atoms with van der Waals surface area (Å²) in [4.78, 5) is 17.8. The molecule has 0 aliphatic carbocycles. The molecule has 0 unspecified atom stereocenters. The minimum atomic E-state index is -5.02. The number of halogens is 7. The van der Waals surface area contributed by atoms with Gasteiger partial charge in [0.2, 0.25) is 0 Å². The molecule has 40 heavy (non-hydrogen) atoms. The lowest BCUT2D eigenvalue weighted by atomic mass is 10.0. The second-order valence-electron chi connectivity index (χ2n) is 8.56. The second-order valence-corrected chi connectivity index (χ2v) is 8.56. The van der Waals surface area contributed by atoms with Crippen LogP contribution in [0.4, 0.5) is 36.6 Å². The number of alkyl halides is 7. The van der Waals surface area contributed by atoms with E-state index in [1.807, 2.05) is 0 Å². The van der Waals surface area contributed by atoms with Crippen molar-refractivity contribution in [1.29, 1.82) is 0 Å². The molecule has 5 rings (SSSR count). The van der Waals surface area contributed by atoms with Crippen LogP contribution in [-0.2, 0) is 13.2 Å². The number of nitrogens with zero attached hydrogens (tertiary/aromatic N) is 5. The van der Waals surface area contributed by atoms with Crippen molar-refractivity contribution in [3.63, 3.8) is 0 Å². The number of aryl methyl sites for hydroxylation is 1. The SMILES string of the molecule is Cn1cc2cc(-n3nc4c(C(F)(F)F)cc(NCC(F)F)nc4c(-c4ccc(OC(F)F)cc4)c3=O)ccc2n1. The zero-order valence-electron chi connectivity index (χ0n) is 20.3. The van der Waals surface area contributed by atoms with Gasteiger partial charge in [-0.15, -0.1) is 0 Å². The van der Waals surface area contributed by atoms with E-state index in [0.29, 0.717) is 17.0 Å². The topological polar surface area (TPSA) is 86.9 Å². The van der Waals surface area contributed by atoms with Gasteiger partial charge in [-0.2, -0.15) is 36.8 Å². The summed E-state index contributed by atoms with van der Waals surface area (Å²) in [6, 6.07) is 9.61. The molecule has 0 bridgehead atoms. The number of nitrogens with one attached hydrogen (secondary N) is 1. The molecule has 0 aliphatic rings. The normalized spacial score (nSPS) is 12.2.